The molecule has 2 amide bonds. The molecular formula is C13H18ClFN4O3. The quantitative estimate of drug-likeness (QED) is 0.496. The van der Waals surface area contributed by atoms with E-state index in [1.807, 2.05) is 0 Å². The van der Waals surface area contributed by atoms with Crippen molar-refractivity contribution in [1.29, 1.82) is 0 Å². The van der Waals surface area contributed by atoms with E-state index in [1.54, 1.807) is 6.92 Å². The molecule has 9 heteroatoms. The molecular weight excluding hydrogens is 315 g/mol. The molecule has 0 radical (unpaired) electrons. The Morgan fingerprint density at radius 2 is 2.14 bits per heavy atom. The number of urea groups is 1. The van der Waals surface area contributed by atoms with Crippen molar-refractivity contribution in [3.05, 3.63) is 30.1 Å². The number of amides is 2. The molecule has 0 aliphatic rings. The lowest BCUT2D eigenvalue weighted by atomic mass is 10.3. The van der Waals surface area contributed by atoms with Crippen molar-refractivity contribution < 1.29 is 18.7 Å². The maximum Gasteiger partial charge on any atom is 0.348 e. The number of hydrogen-bond donors (Lipinski definition) is 2. The fourth-order valence-corrected chi connectivity index (χ4v) is 1.39. The van der Waals surface area contributed by atoms with Crippen LogP contribution < -0.4 is 11.1 Å². The average Bonchev–Trinajstić information content (AvgIpc) is 2.38. The second kappa shape index (κ2) is 9.56. The summed E-state index contributed by atoms with van der Waals surface area (Å²) in [6.07, 6.45) is 0. The zero-order valence-corrected chi connectivity index (χ0v) is 13.0. The second-order valence-corrected chi connectivity index (χ2v) is 4.07. The Kier molecular flexibility index (Phi) is 8.54. The summed E-state index contributed by atoms with van der Waals surface area (Å²) in [6, 6.07) is 4.58. The van der Waals surface area contributed by atoms with Gasteiger partial charge in [0.05, 0.1) is 6.61 Å². The number of halogens is 2. The molecule has 0 spiro atoms. The Balaban J connectivity index is 0.00000441. The summed E-state index contributed by atoms with van der Waals surface area (Å²) < 4.78 is 17.7. The predicted octanol–water partition coefficient (Wildman–Crippen LogP) is 1.59. The lowest BCUT2D eigenvalue weighted by molar-refractivity contribution is -0.143. The number of likely N-dealkylation sites (N-methyl/N-ethyl adjacent to an activating group) is 1. The molecule has 0 atom stereocenters. The van der Waals surface area contributed by atoms with Gasteiger partial charge in [0, 0.05) is 12.7 Å². The lowest BCUT2D eigenvalue weighted by Crippen LogP contribution is -2.39. The van der Waals surface area contributed by atoms with Crippen LogP contribution in [0.25, 0.3) is 0 Å². The van der Waals surface area contributed by atoms with Crippen LogP contribution in [0.15, 0.2) is 29.3 Å². The van der Waals surface area contributed by atoms with Crippen molar-refractivity contribution >= 4 is 36.1 Å². The third kappa shape index (κ3) is 6.89. The number of nitrogens with one attached hydrogen (secondary N) is 1. The summed E-state index contributed by atoms with van der Waals surface area (Å²) in [5.74, 6) is -1.12. The standard InChI is InChI=1S/C13H17FN4O3.ClH/c1-3-21-11(19)8-18(2)12(15)17-13(20)16-10-6-4-5-9(14)7-10;/h4-7H,3,8H2,1-2H3,(H3,15,16,17,20);1H. The maximum absolute atomic E-state index is 13.0. The Morgan fingerprint density at radius 3 is 2.73 bits per heavy atom. The smallest absolute Gasteiger partial charge is 0.348 e. The molecule has 0 aliphatic heterocycles. The molecule has 0 saturated heterocycles. The number of anilines is 1. The van der Waals surface area contributed by atoms with Crippen molar-refractivity contribution in [1.82, 2.24) is 4.90 Å². The first-order chi connectivity index (χ1) is 9.92. The molecule has 7 nitrogen and oxygen atoms in total. The monoisotopic (exact) mass is 332 g/mol. The first-order valence-corrected chi connectivity index (χ1v) is 6.19. The molecule has 0 fully saturated rings. The maximum atomic E-state index is 13.0. The summed E-state index contributed by atoms with van der Waals surface area (Å²) in [7, 11) is 1.49. The number of ether oxygens (including phenoxy) is 1. The van der Waals surface area contributed by atoms with Gasteiger partial charge in [-0.2, -0.15) is 4.99 Å². The van der Waals surface area contributed by atoms with Crippen molar-refractivity contribution in [3.8, 4) is 0 Å². The highest BCUT2D eigenvalue weighted by molar-refractivity contribution is 5.99. The molecule has 1 rings (SSSR count). The number of nitrogens with zero attached hydrogens (tertiary/aromatic N) is 2. The van der Waals surface area contributed by atoms with E-state index in [9.17, 15) is 14.0 Å². The third-order valence-corrected chi connectivity index (χ3v) is 2.35. The van der Waals surface area contributed by atoms with Crippen LogP contribution in [0.4, 0.5) is 14.9 Å². The van der Waals surface area contributed by atoms with Gasteiger partial charge < -0.3 is 20.7 Å². The summed E-state index contributed by atoms with van der Waals surface area (Å²) in [5, 5.41) is 2.36. The SMILES string of the molecule is CCOC(=O)CN(C)/C(N)=N\C(=O)Nc1cccc(F)c1.Cl. The van der Waals surface area contributed by atoms with E-state index in [0.717, 1.165) is 6.07 Å². The van der Waals surface area contributed by atoms with Gasteiger partial charge in [-0.3, -0.25) is 4.79 Å². The number of carbonyl (C=O) groups excluding carboxylic acids is 2. The van der Waals surface area contributed by atoms with Crippen LogP contribution in [0.3, 0.4) is 0 Å². The second-order valence-electron chi connectivity index (χ2n) is 4.07. The number of benzene rings is 1. The first-order valence-electron chi connectivity index (χ1n) is 6.19. The summed E-state index contributed by atoms with van der Waals surface area (Å²) in [4.78, 5) is 27.7. The van der Waals surface area contributed by atoms with E-state index in [1.165, 1.54) is 30.1 Å². The van der Waals surface area contributed by atoms with Gasteiger partial charge in [0.25, 0.3) is 0 Å². The zero-order chi connectivity index (χ0) is 15.8. The highest BCUT2D eigenvalue weighted by Crippen LogP contribution is 2.09. The van der Waals surface area contributed by atoms with E-state index in [0.29, 0.717) is 0 Å². The van der Waals surface area contributed by atoms with Gasteiger partial charge in [-0.1, -0.05) is 6.07 Å². The van der Waals surface area contributed by atoms with Gasteiger partial charge >= 0.3 is 12.0 Å². The number of aliphatic imine (C=N–C) groups is 1. The van der Waals surface area contributed by atoms with Crippen molar-refractivity contribution in [2.75, 3.05) is 25.5 Å². The van der Waals surface area contributed by atoms with E-state index >= 15 is 0 Å². The minimum Gasteiger partial charge on any atom is -0.465 e. The number of rotatable bonds is 4. The Bertz CT molecular complexity index is 554. The van der Waals surface area contributed by atoms with Crippen LogP contribution in [0.5, 0.6) is 0 Å². The van der Waals surface area contributed by atoms with E-state index in [4.69, 9.17) is 10.5 Å². The summed E-state index contributed by atoms with van der Waals surface area (Å²) in [6.45, 7) is 1.81. The van der Waals surface area contributed by atoms with Crippen LogP contribution in [0.2, 0.25) is 0 Å². The highest BCUT2D eigenvalue weighted by Gasteiger charge is 2.11. The Hall–Kier alpha value is -2.35. The van der Waals surface area contributed by atoms with E-state index in [2.05, 4.69) is 10.3 Å². The topological polar surface area (TPSA) is 97.0 Å². The number of hydrogen-bond acceptors (Lipinski definition) is 3. The third-order valence-electron chi connectivity index (χ3n) is 2.35. The molecule has 0 aromatic heterocycles. The minimum atomic E-state index is -0.770. The molecule has 122 valence electrons. The molecule has 0 bridgehead atoms. The average molecular weight is 333 g/mol. The molecule has 0 aliphatic carbocycles. The largest absolute Gasteiger partial charge is 0.465 e. The zero-order valence-electron chi connectivity index (χ0n) is 12.2. The van der Waals surface area contributed by atoms with Crippen LogP contribution in [0.1, 0.15) is 6.92 Å². The number of nitrogens with two attached hydrogens (primary N) is 1. The van der Waals surface area contributed by atoms with Crippen molar-refractivity contribution in [2.45, 2.75) is 6.92 Å². The normalized spacial score (nSPS) is 10.4. The Morgan fingerprint density at radius 1 is 1.45 bits per heavy atom. The molecule has 3 N–H and O–H groups in total. The lowest BCUT2D eigenvalue weighted by Gasteiger charge is -2.16. The van der Waals surface area contributed by atoms with E-state index < -0.39 is 17.8 Å². The predicted molar refractivity (Wildman–Crippen MR) is 83.6 cm³/mol. The number of carbonyl (C=O) groups is 2. The molecule has 22 heavy (non-hydrogen) atoms. The van der Waals surface area contributed by atoms with Crippen LogP contribution in [-0.2, 0) is 9.53 Å². The van der Waals surface area contributed by atoms with Gasteiger partial charge in [0.1, 0.15) is 12.4 Å². The molecule has 1 aromatic rings. The molecule has 0 heterocycles. The van der Waals surface area contributed by atoms with Crippen molar-refractivity contribution in [2.24, 2.45) is 10.7 Å². The fourth-order valence-electron chi connectivity index (χ4n) is 1.39. The van der Waals surface area contributed by atoms with Gasteiger partial charge in [-0.15, -0.1) is 12.4 Å². The number of esters is 1. The van der Waals surface area contributed by atoms with Gasteiger partial charge in [0.2, 0.25) is 5.96 Å². The first kappa shape index (κ1) is 19.7. The fraction of sp³-hybridized carbons (Fsp3) is 0.308. The van der Waals surface area contributed by atoms with Crippen LogP contribution in [0, 0.1) is 5.82 Å². The van der Waals surface area contributed by atoms with E-state index in [-0.39, 0.29) is 37.2 Å². The van der Waals surface area contributed by atoms with Gasteiger partial charge in [-0.25, -0.2) is 9.18 Å². The van der Waals surface area contributed by atoms with Gasteiger partial charge in [0.15, 0.2) is 0 Å². The van der Waals surface area contributed by atoms with Gasteiger partial charge in [-0.05, 0) is 25.1 Å². The highest BCUT2D eigenvalue weighted by atomic mass is 35.5. The Labute approximate surface area is 133 Å². The summed E-state index contributed by atoms with van der Waals surface area (Å²) >= 11 is 0. The van der Waals surface area contributed by atoms with Crippen molar-refractivity contribution in [3.63, 3.8) is 0 Å². The van der Waals surface area contributed by atoms with Crippen LogP contribution >= 0.6 is 12.4 Å². The minimum absolute atomic E-state index is 0. The molecule has 1 aromatic carbocycles. The number of guanidine groups is 1. The molecule has 0 saturated carbocycles. The summed E-state index contributed by atoms with van der Waals surface area (Å²) in [5.41, 5.74) is 5.83. The molecule has 0 unspecified atom stereocenters. The van der Waals surface area contributed by atoms with Crippen LogP contribution in [-0.4, -0.2) is 43.1 Å².